The van der Waals surface area contributed by atoms with Gasteiger partial charge in [-0.15, -0.1) is 0 Å². The van der Waals surface area contributed by atoms with E-state index in [1.165, 1.54) is 4.90 Å². The highest BCUT2D eigenvalue weighted by atomic mass is 16.2. The molecule has 33 heavy (non-hydrogen) atoms. The lowest BCUT2D eigenvalue weighted by Crippen LogP contribution is -2.56. The third-order valence-corrected chi connectivity index (χ3v) is 7.41. The Labute approximate surface area is 191 Å². The van der Waals surface area contributed by atoms with Crippen molar-refractivity contribution >= 4 is 34.3 Å². The lowest BCUT2D eigenvalue weighted by atomic mass is 9.76. The molecule has 0 saturated carbocycles. The van der Waals surface area contributed by atoms with Crippen molar-refractivity contribution in [3.8, 4) is 0 Å². The van der Waals surface area contributed by atoms with Gasteiger partial charge in [0.1, 0.15) is 5.54 Å². The predicted molar refractivity (Wildman–Crippen MR) is 124 cm³/mol. The second-order valence-electron chi connectivity index (χ2n) is 10.3. The zero-order valence-electron chi connectivity index (χ0n) is 18.8. The molecule has 4 heterocycles. The van der Waals surface area contributed by atoms with Crippen LogP contribution < -0.4 is 10.6 Å². The molecule has 1 spiro atoms. The minimum atomic E-state index is -1.26. The topological polar surface area (TPSA) is 94.3 Å². The van der Waals surface area contributed by atoms with E-state index < -0.39 is 22.9 Å². The Morgan fingerprint density at radius 3 is 2.48 bits per heavy atom. The molecule has 2 saturated heterocycles. The summed E-state index contributed by atoms with van der Waals surface area (Å²) in [7, 11) is 0. The smallest absolute Gasteiger partial charge is 0.250 e. The summed E-state index contributed by atoms with van der Waals surface area (Å²) in [6.45, 7) is 5.59. The Balaban J connectivity index is 1.50. The van der Waals surface area contributed by atoms with Crippen molar-refractivity contribution in [2.75, 3.05) is 5.32 Å². The van der Waals surface area contributed by atoms with E-state index >= 15 is 0 Å². The SMILES string of the molecule is CC(C)(C)N1C(=O)[C@H]2[C@@H](C1=O)[C@]1(N[C@@H]2Cc2c[nH]c3ccccc23)C(=O)Nc2ccccc21. The maximum Gasteiger partial charge on any atom is 0.250 e. The molecule has 168 valence electrons. The number of aromatic amines is 1. The number of nitrogens with one attached hydrogen (secondary N) is 3. The number of H-pyrrole nitrogens is 1. The summed E-state index contributed by atoms with van der Waals surface area (Å²) in [6, 6.07) is 15.1. The molecule has 3 amide bonds. The molecule has 0 aliphatic carbocycles. The van der Waals surface area contributed by atoms with E-state index in [1.807, 2.05) is 75.5 Å². The number of rotatable bonds is 2. The van der Waals surface area contributed by atoms with Gasteiger partial charge in [0, 0.05) is 39.9 Å². The molecule has 0 bridgehead atoms. The summed E-state index contributed by atoms with van der Waals surface area (Å²) < 4.78 is 0. The van der Waals surface area contributed by atoms with Gasteiger partial charge in [0.25, 0.3) is 0 Å². The second-order valence-corrected chi connectivity index (χ2v) is 10.3. The van der Waals surface area contributed by atoms with Gasteiger partial charge in [-0.1, -0.05) is 36.4 Å². The number of nitrogens with zero attached hydrogens (tertiary/aromatic N) is 1. The number of hydrogen-bond acceptors (Lipinski definition) is 4. The zero-order chi connectivity index (χ0) is 23.1. The number of fused-ring (bicyclic) bond motifs is 5. The molecular formula is C26H26N4O3. The molecule has 2 aromatic carbocycles. The van der Waals surface area contributed by atoms with Crippen LogP contribution in [0.4, 0.5) is 5.69 Å². The molecule has 4 atom stereocenters. The average molecular weight is 443 g/mol. The van der Waals surface area contributed by atoms with Gasteiger partial charge < -0.3 is 10.3 Å². The first kappa shape index (κ1) is 20.2. The number of imide groups is 1. The summed E-state index contributed by atoms with van der Waals surface area (Å²) >= 11 is 0. The van der Waals surface area contributed by atoms with Gasteiger partial charge in [0.15, 0.2) is 0 Å². The van der Waals surface area contributed by atoms with Gasteiger partial charge in [-0.05, 0) is 44.9 Å². The third kappa shape index (κ3) is 2.57. The van der Waals surface area contributed by atoms with Crippen LogP contribution in [0.3, 0.4) is 0 Å². The fraction of sp³-hybridized carbons (Fsp3) is 0.346. The van der Waals surface area contributed by atoms with Crippen molar-refractivity contribution in [2.45, 2.75) is 44.3 Å². The molecule has 0 unspecified atom stereocenters. The van der Waals surface area contributed by atoms with E-state index in [-0.39, 0.29) is 23.8 Å². The lowest BCUT2D eigenvalue weighted by Gasteiger charge is -2.34. The summed E-state index contributed by atoms with van der Waals surface area (Å²) in [5.41, 5.74) is 1.58. The van der Waals surface area contributed by atoms with Crippen LogP contribution in [0.15, 0.2) is 54.7 Å². The predicted octanol–water partition coefficient (Wildman–Crippen LogP) is 2.93. The highest BCUT2D eigenvalue weighted by molar-refractivity contribution is 6.15. The van der Waals surface area contributed by atoms with Crippen molar-refractivity contribution in [3.63, 3.8) is 0 Å². The van der Waals surface area contributed by atoms with E-state index in [0.717, 1.165) is 22.0 Å². The Bertz CT molecular complexity index is 1340. The van der Waals surface area contributed by atoms with E-state index in [0.29, 0.717) is 12.1 Å². The molecule has 2 fully saturated rings. The number of carbonyl (C=O) groups is 3. The van der Waals surface area contributed by atoms with Gasteiger partial charge in [0.05, 0.1) is 11.8 Å². The molecule has 0 radical (unpaired) electrons. The summed E-state index contributed by atoms with van der Waals surface area (Å²) in [5.74, 6) is -2.16. The van der Waals surface area contributed by atoms with E-state index in [4.69, 9.17) is 0 Å². The molecule has 3 aliphatic rings. The molecular weight excluding hydrogens is 416 g/mol. The number of benzene rings is 2. The van der Waals surface area contributed by atoms with Crippen LogP contribution in [-0.4, -0.2) is 39.2 Å². The normalized spacial score (nSPS) is 28.6. The van der Waals surface area contributed by atoms with Crippen LogP contribution in [0, 0.1) is 11.8 Å². The fourth-order valence-electron chi connectivity index (χ4n) is 6.13. The first-order chi connectivity index (χ1) is 15.7. The minimum Gasteiger partial charge on any atom is -0.361 e. The molecule has 7 nitrogen and oxygen atoms in total. The summed E-state index contributed by atoms with van der Waals surface area (Å²) in [4.78, 5) is 45.7. The number of aromatic nitrogens is 1. The van der Waals surface area contributed by atoms with Crippen molar-refractivity contribution in [2.24, 2.45) is 11.8 Å². The van der Waals surface area contributed by atoms with Crippen molar-refractivity contribution in [1.82, 2.24) is 15.2 Å². The highest BCUT2D eigenvalue weighted by Crippen LogP contribution is 2.54. The van der Waals surface area contributed by atoms with Gasteiger partial charge >= 0.3 is 0 Å². The first-order valence-electron chi connectivity index (χ1n) is 11.3. The van der Waals surface area contributed by atoms with Crippen LogP contribution in [0.25, 0.3) is 10.9 Å². The van der Waals surface area contributed by atoms with Gasteiger partial charge in [-0.2, -0.15) is 0 Å². The Morgan fingerprint density at radius 1 is 0.970 bits per heavy atom. The largest absolute Gasteiger partial charge is 0.361 e. The Hall–Kier alpha value is -3.45. The summed E-state index contributed by atoms with van der Waals surface area (Å²) in [6.07, 6.45) is 2.48. The minimum absolute atomic E-state index is 0.205. The molecule has 7 heteroatoms. The molecule has 3 N–H and O–H groups in total. The van der Waals surface area contributed by atoms with E-state index in [2.05, 4.69) is 15.6 Å². The van der Waals surface area contributed by atoms with Crippen LogP contribution in [-0.2, 0) is 26.3 Å². The van der Waals surface area contributed by atoms with E-state index in [9.17, 15) is 14.4 Å². The zero-order valence-corrected chi connectivity index (χ0v) is 18.8. The molecule has 3 aliphatic heterocycles. The molecule has 3 aromatic rings. The van der Waals surface area contributed by atoms with Crippen molar-refractivity contribution in [1.29, 1.82) is 0 Å². The molecule has 6 rings (SSSR count). The quantitative estimate of drug-likeness (QED) is 0.532. The van der Waals surface area contributed by atoms with Crippen molar-refractivity contribution in [3.05, 3.63) is 65.9 Å². The van der Waals surface area contributed by atoms with Gasteiger partial charge in [-0.3, -0.25) is 24.6 Å². The number of carbonyl (C=O) groups excluding carboxylic acids is 3. The maximum absolute atomic E-state index is 13.8. The average Bonchev–Trinajstić information content (AvgIpc) is 3.47. The van der Waals surface area contributed by atoms with E-state index in [1.54, 1.807) is 0 Å². The standard InChI is InChI=1S/C26H26N4O3/c1-25(2,3)30-22(31)20-19(12-14-13-27-17-10-6-4-8-15(14)17)29-26(21(20)23(30)32)16-9-5-7-11-18(16)28-24(26)33/h4-11,13,19-21,27,29H,12H2,1-3H3,(H,28,33)/t19-,20-,21+,26+/m1/s1. The van der Waals surface area contributed by atoms with Crippen LogP contribution in [0.2, 0.25) is 0 Å². The number of amides is 3. The monoisotopic (exact) mass is 442 g/mol. The third-order valence-electron chi connectivity index (χ3n) is 7.41. The number of hydrogen-bond donors (Lipinski definition) is 3. The first-order valence-corrected chi connectivity index (χ1v) is 11.3. The lowest BCUT2D eigenvalue weighted by molar-refractivity contribution is -0.147. The van der Waals surface area contributed by atoms with Crippen molar-refractivity contribution < 1.29 is 14.4 Å². The van der Waals surface area contributed by atoms with Crippen LogP contribution in [0.1, 0.15) is 31.9 Å². The van der Waals surface area contributed by atoms with Gasteiger partial charge in [0.2, 0.25) is 17.7 Å². The highest BCUT2D eigenvalue weighted by Gasteiger charge is 2.71. The number of likely N-dealkylation sites (tertiary alicyclic amines) is 1. The Kier molecular flexibility index (Phi) is 4.00. The van der Waals surface area contributed by atoms with Crippen LogP contribution in [0.5, 0.6) is 0 Å². The van der Waals surface area contributed by atoms with Gasteiger partial charge in [-0.25, -0.2) is 0 Å². The second kappa shape index (κ2) is 6.54. The Morgan fingerprint density at radius 2 is 1.70 bits per heavy atom. The summed E-state index contributed by atoms with van der Waals surface area (Å²) in [5, 5.41) is 7.55. The fourth-order valence-corrected chi connectivity index (χ4v) is 6.13. The maximum atomic E-state index is 13.8. The number of para-hydroxylation sites is 2. The number of anilines is 1. The van der Waals surface area contributed by atoms with Crippen LogP contribution >= 0.6 is 0 Å². The molecule has 1 aromatic heterocycles.